The van der Waals surface area contributed by atoms with Gasteiger partial charge in [0.05, 0.1) is 5.25 Å². The van der Waals surface area contributed by atoms with Crippen molar-refractivity contribution >= 4 is 9.84 Å². The summed E-state index contributed by atoms with van der Waals surface area (Å²) in [5, 5.41) is 3.42. The van der Waals surface area contributed by atoms with Crippen LogP contribution in [0.25, 0.3) is 0 Å². The highest BCUT2D eigenvalue weighted by Gasteiger charge is 2.39. The maximum Gasteiger partial charge on any atom is 0.150 e. The summed E-state index contributed by atoms with van der Waals surface area (Å²) in [5.41, 5.74) is 0. The molecule has 5 heteroatoms. The van der Waals surface area contributed by atoms with E-state index in [9.17, 15) is 8.42 Å². The van der Waals surface area contributed by atoms with E-state index in [0.717, 1.165) is 37.8 Å². The molecule has 3 aliphatic rings. The molecule has 2 saturated carbocycles. The van der Waals surface area contributed by atoms with Crippen molar-refractivity contribution in [3.8, 4) is 0 Å². The van der Waals surface area contributed by atoms with Gasteiger partial charge in [-0.1, -0.05) is 6.42 Å². The van der Waals surface area contributed by atoms with Gasteiger partial charge in [0, 0.05) is 24.9 Å². The molecule has 1 saturated heterocycles. The van der Waals surface area contributed by atoms with Gasteiger partial charge < -0.3 is 5.32 Å². The number of hydrogen-bond acceptors (Lipinski definition) is 4. The highest BCUT2D eigenvalue weighted by Crippen LogP contribution is 2.36. The Morgan fingerprint density at radius 3 is 2.48 bits per heavy atom. The number of piperidine rings is 1. The molecule has 0 aromatic heterocycles. The predicted molar refractivity (Wildman–Crippen MR) is 86.2 cm³/mol. The lowest BCUT2D eigenvalue weighted by atomic mass is 9.91. The van der Waals surface area contributed by atoms with Crippen LogP contribution in [0.1, 0.15) is 51.4 Å². The summed E-state index contributed by atoms with van der Waals surface area (Å²) in [5.74, 6) is 0.762. The van der Waals surface area contributed by atoms with Gasteiger partial charge in [-0.05, 0) is 64.0 Å². The van der Waals surface area contributed by atoms with E-state index in [1.165, 1.54) is 51.4 Å². The largest absolute Gasteiger partial charge is 0.316 e. The molecule has 3 rings (SSSR count). The van der Waals surface area contributed by atoms with Crippen molar-refractivity contribution in [1.82, 2.24) is 10.2 Å². The third kappa shape index (κ3) is 4.20. The Labute approximate surface area is 129 Å². The van der Waals surface area contributed by atoms with Crippen LogP contribution in [-0.4, -0.2) is 56.5 Å². The van der Waals surface area contributed by atoms with Gasteiger partial charge >= 0.3 is 0 Å². The summed E-state index contributed by atoms with van der Waals surface area (Å²) >= 11 is 0. The van der Waals surface area contributed by atoms with E-state index in [-0.39, 0.29) is 5.25 Å². The van der Waals surface area contributed by atoms with Gasteiger partial charge in [0.2, 0.25) is 0 Å². The monoisotopic (exact) mass is 314 g/mol. The molecule has 1 N–H and O–H groups in total. The van der Waals surface area contributed by atoms with Gasteiger partial charge in [-0.15, -0.1) is 0 Å². The third-order valence-corrected chi connectivity index (χ3v) is 7.20. The van der Waals surface area contributed by atoms with Gasteiger partial charge in [-0.3, -0.25) is 4.90 Å². The van der Waals surface area contributed by atoms with Crippen molar-refractivity contribution in [2.45, 2.75) is 68.7 Å². The second-order valence-corrected chi connectivity index (χ2v) is 9.74. The molecule has 122 valence electrons. The Hall–Kier alpha value is -0.130. The molecule has 1 aliphatic heterocycles. The van der Waals surface area contributed by atoms with E-state index in [1.807, 2.05) is 0 Å². The molecule has 3 unspecified atom stereocenters. The molecule has 0 bridgehead atoms. The van der Waals surface area contributed by atoms with Crippen LogP contribution in [0.3, 0.4) is 0 Å². The second kappa shape index (κ2) is 6.55. The summed E-state index contributed by atoms with van der Waals surface area (Å²) in [6.07, 6.45) is 10.7. The first kappa shape index (κ1) is 15.8. The van der Waals surface area contributed by atoms with Gasteiger partial charge in [-0.2, -0.15) is 0 Å². The first-order valence-corrected chi connectivity index (χ1v) is 10.6. The highest BCUT2D eigenvalue weighted by atomic mass is 32.2. The molecule has 1 heterocycles. The first-order valence-electron chi connectivity index (χ1n) is 8.69. The fourth-order valence-electron chi connectivity index (χ4n) is 4.19. The summed E-state index contributed by atoms with van der Waals surface area (Å²) in [6.45, 7) is 3.49. The van der Waals surface area contributed by atoms with Crippen molar-refractivity contribution in [2.75, 3.05) is 25.9 Å². The summed E-state index contributed by atoms with van der Waals surface area (Å²) in [7, 11) is -2.87. The quantitative estimate of drug-likeness (QED) is 0.841. The molecular weight excluding hydrogens is 284 g/mol. The molecule has 0 spiro atoms. The average molecular weight is 314 g/mol. The Bertz CT molecular complexity index is 441. The van der Waals surface area contributed by atoms with Crippen LogP contribution < -0.4 is 5.32 Å². The Kier molecular flexibility index (Phi) is 4.91. The van der Waals surface area contributed by atoms with E-state index in [0.29, 0.717) is 6.04 Å². The van der Waals surface area contributed by atoms with Crippen molar-refractivity contribution in [3.05, 3.63) is 0 Å². The Balaban J connectivity index is 1.63. The van der Waals surface area contributed by atoms with E-state index in [1.54, 1.807) is 0 Å². The Morgan fingerprint density at radius 2 is 1.86 bits per heavy atom. The average Bonchev–Trinajstić information content (AvgIpc) is 3.30. The zero-order valence-electron chi connectivity index (χ0n) is 13.3. The van der Waals surface area contributed by atoms with Gasteiger partial charge in [-0.25, -0.2) is 8.42 Å². The molecule has 0 aromatic rings. The molecule has 0 amide bonds. The SMILES string of the molecule is CS(=O)(=O)C1CCCC(N(CC2CCCNC2)C2CC2)C1. The number of nitrogens with zero attached hydrogens (tertiary/aromatic N) is 1. The van der Waals surface area contributed by atoms with Crippen LogP contribution in [0.5, 0.6) is 0 Å². The van der Waals surface area contributed by atoms with Crippen LogP contribution in [0, 0.1) is 5.92 Å². The van der Waals surface area contributed by atoms with Crippen molar-refractivity contribution in [2.24, 2.45) is 5.92 Å². The lowest BCUT2D eigenvalue weighted by Crippen LogP contribution is -2.47. The van der Waals surface area contributed by atoms with E-state index in [4.69, 9.17) is 0 Å². The maximum absolute atomic E-state index is 11.9. The lowest BCUT2D eigenvalue weighted by molar-refractivity contribution is 0.117. The van der Waals surface area contributed by atoms with E-state index >= 15 is 0 Å². The molecule has 3 atom stereocenters. The number of rotatable bonds is 5. The highest BCUT2D eigenvalue weighted by molar-refractivity contribution is 7.91. The zero-order chi connectivity index (χ0) is 14.9. The molecule has 3 fully saturated rings. The third-order valence-electron chi connectivity index (χ3n) is 5.56. The minimum Gasteiger partial charge on any atom is -0.316 e. The van der Waals surface area contributed by atoms with Crippen LogP contribution in [0.2, 0.25) is 0 Å². The standard InChI is InChI=1S/C16H30N2O2S/c1-21(19,20)16-6-2-5-15(10-16)18(14-7-8-14)12-13-4-3-9-17-11-13/h13-17H,2-12H2,1H3. The lowest BCUT2D eigenvalue weighted by Gasteiger charge is -2.39. The molecule has 4 nitrogen and oxygen atoms in total. The molecule has 0 radical (unpaired) electrons. The van der Waals surface area contributed by atoms with Crippen molar-refractivity contribution < 1.29 is 8.42 Å². The van der Waals surface area contributed by atoms with E-state index < -0.39 is 9.84 Å². The first-order chi connectivity index (χ1) is 10.0. The summed E-state index contributed by atoms with van der Waals surface area (Å²) in [4.78, 5) is 2.69. The Morgan fingerprint density at radius 1 is 1.05 bits per heavy atom. The number of nitrogens with one attached hydrogen (secondary N) is 1. The molecule has 21 heavy (non-hydrogen) atoms. The maximum atomic E-state index is 11.9. The van der Waals surface area contributed by atoms with Gasteiger partial charge in [0.25, 0.3) is 0 Å². The number of sulfone groups is 1. The minimum atomic E-state index is -2.87. The smallest absolute Gasteiger partial charge is 0.150 e. The van der Waals surface area contributed by atoms with Gasteiger partial charge in [0.1, 0.15) is 9.84 Å². The van der Waals surface area contributed by atoms with Crippen LogP contribution in [0.15, 0.2) is 0 Å². The predicted octanol–water partition coefficient (Wildman–Crippen LogP) is 1.81. The van der Waals surface area contributed by atoms with Crippen LogP contribution >= 0.6 is 0 Å². The number of hydrogen-bond donors (Lipinski definition) is 1. The second-order valence-electron chi connectivity index (χ2n) is 7.41. The van der Waals surface area contributed by atoms with Gasteiger partial charge in [0.15, 0.2) is 0 Å². The molecule has 2 aliphatic carbocycles. The fourth-order valence-corrected chi connectivity index (χ4v) is 5.36. The molecular formula is C16H30N2O2S. The zero-order valence-corrected chi connectivity index (χ0v) is 14.1. The topological polar surface area (TPSA) is 49.4 Å². The van der Waals surface area contributed by atoms with E-state index in [2.05, 4.69) is 10.2 Å². The van der Waals surface area contributed by atoms with Crippen LogP contribution in [0.4, 0.5) is 0 Å². The van der Waals surface area contributed by atoms with Crippen LogP contribution in [-0.2, 0) is 9.84 Å². The molecule has 0 aromatic carbocycles. The van der Waals surface area contributed by atoms with Crippen molar-refractivity contribution in [3.63, 3.8) is 0 Å². The summed E-state index contributed by atoms with van der Waals surface area (Å²) < 4.78 is 23.8. The van der Waals surface area contributed by atoms with Crippen molar-refractivity contribution in [1.29, 1.82) is 0 Å². The normalized spacial score (nSPS) is 35.0. The minimum absolute atomic E-state index is 0.0954. The fraction of sp³-hybridized carbons (Fsp3) is 1.00. The summed E-state index contributed by atoms with van der Waals surface area (Å²) in [6, 6.07) is 1.25.